The van der Waals surface area contributed by atoms with Gasteiger partial charge in [0.25, 0.3) is 9.84 Å². The number of phenols is 1. The van der Waals surface area contributed by atoms with Crippen molar-refractivity contribution in [1.82, 2.24) is 15.6 Å². The van der Waals surface area contributed by atoms with E-state index in [0.717, 1.165) is 24.3 Å². The van der Waals surface area contributed by atoms with E-state index in [-0.39, 0.29) is 35.3 Å². The van der Waals surface area contributed by atoms with E-state index in [0.29, 0.717) is 11.6 Å². The van der Waals surface area contributed by atoms with E-state index in [4.69, 9.17) is 4.42 Å². The van der Waals surface area contributed by atoms with Gasteiger partial charge in [0, 0.05) is 35.0 Å². The van der Waals surface area contributed by atoms with Gasteiger partial charge in [-0.1, -0.05) is 5.92 Å². The zero-order chi connectivity index (χ0) is 29.1. The summed E-state index contributed by atoms with van der Waals surface area (Å²) < 4.78 is 81.9. The molecule has 40 heavy (non-hydrogen) atoms. The third-order valence-corrected chi connectivity index (χ3v) is 6.85. The molecule has 0 aliphatic carbocycles. The van der Waals surface area contributed by atoms with Crippen molar-refractivity contribution in [2.24, 2.45) is 0 Å². The molecule has 0 radical (unpaired) electrons. The van der Waals surface area contributed by atoms with Crippen molar-refractivity contribution >= 4 is 26.7 Å². The highest BCUT2D eigenvalue weighted by molar-refractivity contribution is 7.96. The second-order valence-electron chi connectivity index (χ2n) is 8.63. The molecule has 0 spiro atoms. The second kappa shape index (κ2) is 11.4. The number of furan rings is 1. The van der Waals surface area contributed by atoms with Crippen molar-refractivity contribution < 1.29 is 40.3 Å². The highest BCUT2D eigenvalue weighted by atomic mass is 32.2. The van der Waals surface area contributed by atoms with Crippen molar-refractivity contribution in [1.29, 1.82) is 0 Å². The lowest BCUT2D eigenvalue weighted by Gasteiger charge is -2.13. The van der Waals surface area contributed by atoms with Crippen LogP contribution in [0.5, 0.6) is 5.75 Å². The minimum Gasteiger partial charge on any atom is -0.507 e. The standard InChI is InChI=1S/C27H21F4N3O5S/c1-16(32-8-2-10-40(37,38)25-13-18-12-20(28)4-6-24(18)39-25)26(36)34-15-17-7-9-33-22(11-17)21-5-3-19(14-23(21)35)27(29,30)31/h3-7,9,11-14,16,32,35H,8,15H2,1H3,(H,34,36)/t16-/m0/s1. The number of hydrogen-bond donors (Lipinski definition) is 3. The summed E-state index contributed by atoms with van der Waals surface area (Å²) in [5.41, 5.74) is 0.0889. The van der Waals surface area contributed by atoms with Gasteiger partial charge >= 0.3 is 6.18 Å². The summed E-state index contributed by atoms with van der Waals surface area (Å²) >= 11 is 0. The first-order chi connectivity index (χ1) is 18.8. The van der Waals surface area contributed by atoms with E-state index in [2.05, 4.69) is 26.8 Å². The second-order valence-corrected chi connectivity index (χ2v) is 10.2. The van der Waals surface area contributed by atoms with E-state index in [1.165, 1.54) is 31.3 Å². The van der Waals surface area contributed by atoms with E-state index < -0.39 is 50.2 Å². The largest absolute Gasteiger partial charge is 0.507 e. The van der Waals surface area contributed by atoms with Crippen LogP contribution in [0.1, 0.15) is 18.1 Å². The SMILES string of the molecule is C[C@H](NCC#CS(=O)(=O)c1cc2cc(F)ccc2o1)C(=O)NCc1ccnc(-c2ccc(C(F)(F)F)cc2O)c1. The van der Waals surface area contributed by atoms with E-state index in [1.807, 2.05) is 0 Å². The van der Waals surface area contributed by atoms with Crippen LogP contribution < -0.4 is 10.6 Å². The van der Waals surface area contributed by atoms with Crippen LogP contribution in [0.15, 0.2) is 70.3 Å². The number of halogens is 4. The number of carbonyl (C=O) groups excluding carboxylic acids is 1. The molecular formula is C27H21F4N3O5S. The van der Waals surface area contributed by atoms with Gasteiger partial charge in [-0.3, -0.25) is 15.1 Å². The van der Waals surface area contributed by atoms with Crippen molar-refractivity contribution in [2.45, 2.75) is 30.8 Å². The predicted octanol–water partition coefficient (Wildman–Crippen LogP) is 4.39. The van der Waals surface area contributed by atoms with Gasteiger partial charge in [-0.05, 0) is 61.0 Å². The van der Waals surface area contributed by atoms with Crippen LogP contribution in [0.25, 0.3) is 22.2 Å². The molecule has 208 valence electrons. The van der Waals surface area contributed by atoms with Gasteiger partial charge in [0.2, 0.25) is 11.0 Å². The zero-order valence-electron chi connectivity index (χ0n) is 20.7. The third-order valence-electron chi connectivity index (χ3n) is 5.71. The van der Waals surface area contributed by atoms with Gasteiger partial charge in [0.1, 0.15) is 17.1 Å². The Bertz CT molecular complexity index is 1740. The summed E-state index contributed by atoms with van der Waals surface area (Å²) in [6, 6.07) is 9.68. The van der Waals surface area contributed by atoms with Crippen LogP contribution in [-0.2, 0) is 27.4 Å². The first-order valence-electron chi connectivity index (χ1n) is 11.6. The number of alkyl halides is 3. The van der Waals surface area contributed by atoms with Gasteiger partial charge in [-0.2, -0.15) is 13.2 Å². The summed E-state index contributed by atoms with van der Waals surface area (Å²) in [5, 5.41) is 17.5. The van der Waals surface area contributed by atoms with Gasteiger partial charge in [-0.25, -0.2) is 12.8 Å². The van der Waals surface area contributed by atoms with Crippen LogP contribution in [-0.4, -0.2) is 37.0 Å². The first kappa shape index (κ1) is 28.6. The van der Waals surface area contributed by atoms with Crippen molar-refractivity contribution in [3.8, 4) is 28.2 Å². The lowest BCUT2D eigenvalue weighted by atomic mass is 10.1. The Balaban J connectivity index is 1.32. The molecule has 0 aliphatic heterocycles. The van der Waals surface area contributed by atoms with Crippen molar-refractivity contribution in [3.05, 3.63) is 77.7 Å². The molecule has 0 fully saturated rings. The molecule has 0 saturated carbocycles. The molecule has 2 aromatic heterocycles. The number of hydrogen-bond acceptors (Lipinski definition) is 7. The molecule has 8 nitrogen and oxygen atoms in total. The lowest BCUT2D eigenvalue weighted by molar-refractivity contribution is -0.137. The molecule has 1 atom stereocenters. The number of benzene rings is 2. The summed E-state index contributed by atoms with van der Waals surface area (Å²) in [6.07, 6.45) is -3.21. The fourth-order valence-electron chi connectivity index (χ4n) is 3.60. The summed E-state index contributed by atoms with van der Waals surface area (Å²) in [7, 11) is -4.11. The zero-order valence-corrected chi connectivity index (χ0v) is 21.5. The molecule has 0 bridgehead atoms. The number of nitrogens with one attached hydrogen (secondary N) is 2. The smallest absolute Gasteiger partial charge is 0.416 e. The number of aromatic nitrogens is 1. The number of carbonyl (C=O) groups is 1. The van der Waals surface area contributed by atoms with Crippen LogP contribution in [0.2, 0.25) is 0 Å². The van der Waals surface area contributed by atoms with Gasteiger partial charge < -0.3 is 14.8 Å². The fraction of sp³-hybridized carbons (Fsp3) is 0.185. The van der Waals surface area contributed by atoms with Crippen molar-refractivity contribution in [2.75, 3.05) is 6.54 Å². The summed E-state index contributed by atoms with van der Waals surface area (Å²) in [4.78, 5) is 16.5. The quantitative estimate of drug-likeness (QED) is 0.170. The Morgan fingerprint density at radius 2 is 1.90 bits per heavy atom. The predicted molar refractivity (Wildman–Crippen MR) is 137 cm³/mol. The van der Waals surface area contributed by atoms with Gasteiger partial charge in [0.05, 0.1) is 23.8 Å². The minimum absolute atomic E-state index is 0.0501. The highest BCUT2D eigenvalue weighted by Crippen LogP contribution is 2.36. The van der Waals surface area contributed by atoms with Crippen LogP contribution in [0.3, 0.4) is 0 Å². The molecule has 3 N–H and O–H groups in total. The number of nitrogens with zero attached hydrogens (tertiary/aromatic N) is 1. The molecule has 4 rings (SSSR count). The highest BCUT2D eigenvalue weighted by Gasteiger charge is 2.31. The Morgan fingerprint density at radius 1 is 1.12 bits per heavy atom. The topological polar surface area (TPSA) is 122 Å². The molecule has 0 unspecified atom stereocenters. The Hall–Kier alpha value is -4.41. The first-order valence-corrected chi connectivity index (χ1v) is 13.1. The van der Waals surface area contributed by atoms with E-state index >= 15 is 0 Å². The number of fused-ring (bicyclic) bond motifs is 1. The maximum atomic E-state index is 13.3. The average molecular weight is 576 g/mol. The van der Waals surface area contributed by atoms with Crippen LogP contribution in [0, 0.1) is 17.0 Å². The van der Waals surface area contributed by atoms with E-state index in [1.54, 1.807) is 6.07 Å². The molecule has 0 aliphatic rings. The Labute approximate surface area is 226 Å². The maximum absolute atomic E-state index is 13.3. The molecule has 4 aromatic rings. The van der Waals surface area contributed by atoms with Crippen LogP contribution in [0.4, 0.5) is 17.6 Å². The number of pyridine rings is 1. The summed E-state index contributed by atoms with van der Waals surface area (Å²) in [6.45, 7) is 1.45. The maximum Gasteiger partial charge on any atom is 0.416 e. The molecule has 13 heteroatoms. The number of phenolic OH excluding ortho intramolecular Hbond substituents is 1. The summed E-state index contributed by atoms with van der Waals surface area (Å²) in [5.74, 6) is 0.863. The normalized spacial score (nSPS) is 12.5. The van der Waals surface area contributed by atoms with Crippen molar-refractivity contribution in [3.63, 3.8) is 0 Å². The van der Waals surface area contributed by atoms with E-state index in [9.17, 15) is 35.9 Å². The Morgan fingerprint density at radius 3 is 2.62 bits per heavy atom. The molecule has 0 saturated heterocycles. The number of amides is 1. The molecule has 1 amide bonds. The number of aromatic hydroxyl groups is 1. The molecule has 2 heterocycles. The molecule has 2 aromatic carbocycles. The number of rotatable bonds is 7. The average Bonchev–Trinajstić information content (AvgIpc) is 3.33. The Kier molecular flexibility index (Phi) is 8.13. The monoisotopic (exact) mass is 575 g/mol. The minimum atomic E-state index is -4.60. The fourth-order valence-corrected chi connectivity index (χ4v) is 4.44. The van der Waals surface area contributed by atoms with Gasteiger partial charge in [-0.15, -0.1) is 0 Å². The molecular weight excluding hydrogens is 554 g/mol. The van der Waals surface area contributed by atoms with Crippen LogP contribution >= 0.6 is 0 Å². The third kappa shape index (κ3) is 6.77. The number of sulfone groups is 1. The lowest BCUT2D eigenvalue weighted by Crippen LogP contribution is -2.42. The van der Waals surface area contributed by atoms with Gasteiger partial charge in [0.15, 0.2) is 0 Å².